The van der Waals surface area contributed by atoms with Gasteiger partial charge in [0.25, 0.3) is 0 Å². The van der Waals surface area contributed by atoms with E-state index in [-0.39, 0.29) is 5.97 Å². The zero-order valence-corrected chi connectivity index (χ0v) is 10.6. The zero-order chi connectivity index (χ0) is 11.8. The lowest BCUT2D eigenvalue weighted by molar-refractivity contribution is 0.0606. The molecule has 0 saturated heterocycles. The number of aromatic nitrogens is 1. The van der Waals surface area contributed by atoms with E-state index in [0.717, 1.165) is 18.1 Å². The second kappa shape index (κ2) is 7.22. The minimum absolute atomic E-state index is 0.323. The SMILES string of the molecule is CCCCCCNc1ncc(C(=O)OC)s1. The minimum atomic E-state index is -0.323. The number of nitrogens with zero attached hydrogens (tertiary/aromatic N) is 1. The van der Waals surface area contributed by atoms with Gasteiger partial charge in [-0.15, -0.1) is 0 Å². The number of nitrogens with one attached hydrogen (secondary N) is 1. The van der Waals surface area contributed by atoms with Gasteiger partial charge in [0.05, 0.1) is 13.3 Å². The molecule has 0 aliphatic heterocycles. The standard InChI is InChI=1S/C11H18N2O2S/c1-3-4-5-6-7-12-11-13-8-9(16-11)10(14)15-2/h8H,3-7H2,1-2H3,(H,12,13). The summed E-state index contributed by atoms with van der Waals surface area (Å²) in [6.45, 7) is 3.10. The quantitative estimate of drug-likeness (QED) is 0.590. The first-order valence-corrected chi connectivity index (χ1v) is 6.37. The third-order valence-electron chi connectivity index (χ3n) is 2.20. The van der Waals surface area contributed by atoms with E-state index in [4.69, 9.17) is 0 Å². The number of carbonyl (C=O) groups is 1. The average Bonchev–Trinajstić information content (AvgIpc) is 2.76. The number of rotatable bonds is 7. The Hall–Kier alpha value is -1.10. The molecule has 0 unspecified atom stereocenters. The highest BCUT2D eigenvalue weighted by Crippen LogP contribution is 2.18. The van der Waals surface area contributed by atoms with Gasteiger partial charge in [0.2, 0.25) is 0 Å². The summed E-state index contributed by atoms with van der Waals surface area (Å²) in [6, 6.07) is 0. The number of methoxy groups -OCH3 is 1. The van der Waals surface area contributed by atoms with Crippen LogP contribution in [0.5, 0.6) is 0 Å². The van der Waals surface area contributed by atoms with E-state index in [2.05, 4.69) is 22.0 Å². The molecule has 0 bridgehead atoms. The molecule has 0 spiro atoms. The van der Waals surface area contributed by atoms with Crippen molar-refractivity contribution < 1.29 is 9.53 Å². The Kier molecular flexibility index (Phi) is 5.85. The molecule has 0 aromatic carbocycles. The lowest BCUT2D eigenvalue weighted by Crippen LogP contribution is -2.00. The maximum absolute atomic E-state index is 11.2. The summed E-state index contributed by atoms with van der Waals surface area (Å²) in [4.78, 5) is 15.8. The number of thiazole rings is 1. The number of esters is 1. The zero-order valence-electron chi connectivity index (χ0n) is 9.78. The van der Waals surface area contributed by atoms with Crippen molar-refractivity contribution in [2.75, 3.05) is 19.0 Å². The molecule has 0 atom stereocenters. The minimum Gasteiger partial charge on any atom is -0.465 e. The van der Waals surface area contributed by atoms with Crippen molar-refractivity contribution in [2.45, 2.75) is 32.6 Å². The number of hydrogen-bond donors (Lipinski definition) is 1. The van der Waals surface area contributed by atoms with Crippen molar-refractivity contribution in [3.8, 4) is 0 Å². The van der Waals surface area contributed by atoms with Gasteiger partial charge in [0, 0.05) is 6.54 Å². The Balaban J connectivity index is 2.27. The van der Waals surface area contributed by atoms with Crippen molar-refractivity contribution in [2.24, 2.45) is 0 Å². The van der Waals surface area contributed by atoms with E-state index in [1.54, 1.807) is 6.20 Å². The smallest absolute Gasteiger partial charge is 0.349 e. The molecule has 4 nitrogen and oxygen atoms in total. The van der Waals surface area contributed by atoms with Crippen LogP contribution >= 0.6 is 11.3 Å². The molecule has 1 aromatic heterocycles. The highest BCUT2D eigenvalue weighted by atomic mass is 32.1. The fraction of sp³-hybridized carbons (Fsp3) is 0.636. The molecule has 0 radical (unpaired) electrons. The Morgan fingerprint density at radius 2 is 2.31 bits per heavy atom. The monoisotopic (exact) mass is 242 g/mol. The Morgan fingerprint density at radius 3 is 3.00 bits per heavy atom. The molecule has 0 aliphatic rings. The predicted molar refractivity (Wildman–Crippen MR) is 66.1 cm³/mol. The molecule has 5 heteroatoms. The number of hydrogen-bond acceptors (Lipinski definition) is 5. The maximum atomic E-state index is 11.2. The molecule has 0 fully saturated rings. The molecule has 1 N–H and O–H groups in total. The summed E-state index contributed by atoms with van der Waals surface area (Å²) in [7, 11) is 1.37. The lowest BCUT2D eigenvalue weighted by Gasteiger charge is -2.01. The second-order valence-corrected chi connectivity index (χ2v) is 4.54. The van der Waals surface area contributed by atoms with Crippen LogP contribution in [0.2, 0.25) is 0 Å². The van der Waals surface area contributed by atoms with E-state index < -0.39 is 0 Å². The lowest BCUT2D eigenvalue weighted by atomic mass is 10.2. The number of unbranched alkanes of at least 4 members (excludes halogenated alkanes) is 3. The molecule has 1 aromatic rings. The van der Waals surface area contributed by atoms with Crippen molar-refractivity contribution in [3.05, 3.63) is 11.1 Å². The van der Waals surface area contributed by atoms with Crippen molar-refractivity contribution >= 4 is 22.4 Å². The summed E-state index contributed by atoms with van der Waals surface area (Å²) < 4.78 is 4.61. The van der Waals surface area contributed by atoms with E-state index in [1.165, 1.54) is 37.7 Å². The van der Waals surface area contributed by atoms with Gasteiger partial charge >= 0.3 is 5.97 Å². The van der Waals surface area contributed by atoms with Crippen LogP contribution in [0, 0.1) is 0 Å². The van der Waals surface area contributed by atoms with Gasteiger partial charge in [-0.1, -0.05) is 37.5 Å². The van der Waals surface area contributed by atoms with Gasteiger partial charge in [-0.3, -0.25) is 0 Å². The van der Waals surface area contributed by atoms with Crippen LogP contribution in [0.1, 0.15) is 42.3 Å². The second-order valence-electron chi connectivity index (χ2n) is 3.51. The largest absolute Gasteiger partial charge is 0.465 e. The van der Waals surface area contributed by atoms with Crippen molar-refractivity contribution in [3.63, 3.8) is 0 Å². The van der Waals surface area contributed by atoms with Gasteiger partial charge in [-0.2, -0.15) is 0 Å². The Labute approximate surface area is 100 Å². The molecule has 90 valence electrons. The number of anilines is 1. The van der Waals surface area contributed by atoms with Crippen LogP contribution in [0.4, 0.5) is 5.13 Å². The fourth-order valence-electron chi connectivity index (χ4n) is 1.30. The highest BCUT2D eigenvalue weighted by molar-refractivity contribution is 7.17. The van der Waals surface area contributed by atoms with Gasteiger partial charge in [0.1, 0.15) is 4.88 Å². The maximum Gasteiger partial charge on any atom is 0.349 e. The molecular weight excluding hydrogens is 224 g/mol. The van der Waals surface area contributed by atoms with Crippen LogP contribution < -0.4 is 5.32 Å². The van der Waals surface area contributed by atoms with Gasteiger partial charge in [-0.25, -0.2) is 9.78 Å². The summed E-state index contributed by atoms with van der Waals surface area (Å²) in [5.74, 6) is -0.323. The van der Waals surface area contributed by atoms with Gasteiger partial charge in [-0.05, 0) is 6.42 Å². The topological polar surface area (TPSA) is 51.2 Å². The molecule has 0 amide bonds. The van der Waals surface area contributed by atoms with E-state index in [9.17, 15) is 4.79 Å². The highest BCUT2D eigenvalue weighted by Gasteiger charge is 2.09. The van der Waals surface area contributed by atoms with E-state index in [0.29, 0.717) is 4.88 Å². The summed E-state index contributed by atoms with van der Waals surface area (Å²) in [5, 5.41) is 3.99. The molecule has 1 heterocycles. The Morgan fingerprint density at radius 1 is 1.50 bits per heavy atom. The molecule has 0 saturated carbocycles. The van der Waals surface area contributed by atoms with Gasteiger partial charge < -0.3 is 10.1 Å². The fourth-order valence-corrected chi connectivity index (χ4v) is 2.06. The molecule has 1 rings (SSSR count). The van der Waals surface area contributed by atoms with Crippen LogP contribution in [0.15, 0.2) is 6.20 Å². The van der Waals surface area contributed by atoms with Crippen LogP contribution in [0.3, 0.4) is 0 Å². The molecular formula is C11H18N2O2S. The first-order valence-electron chi connectivity index (χ1n) is 5.56. The predicted octanol–water partition coefficient (Wildman–Crippen LogP) is 2.92. The normalized spacial score (nSPS) is 10.1. The Bertz CT molecular complexity index is 326. The third-order valence-corrected chi connectivity index (χ3v) is 3.13. The van der Waals surface area contributed by atoms with Crippen LogP contribution in [0.25, 0.3) is 0 Å². The molecule has 0 aliphatic carbocycles. The number of ether oxygens (including phenoxy) is 1. The summed E-state index contributed by atoms with van der Waals surface area (Å²) in [5.41, 5.74) is 0. The molecule has 16 heavy (non-hydrogen) atoms. The van der Waals surface area contributed by atoms with Crippen LogP contribution in [-0.4, -0.2) is 24.6 Å². The van der Waals surface area contributed by atoms with Crippen molar-refractivity contribution in [1.82, 2.24) is 4.98 Å². The van der Waals surface area contributed by atoms with E-state index in [1.807, 2.05) is 0 Å². The first kappa shape index (κ1) is 13.0. The van der Waals surface area contributed by atoms with E-state index >= 15 is 0 Å². The summed E-state index contributed by atoms with van der Waals surface area (Å²) in [6.07, 6.45) is 6.43. The average molecular weight is 242 g/mol. The summed E-state index contributed by atoms with van der Waals surface area (Å²) >= 11 is 1.33. The number of carbonyl (C=O) groups excluding carboxylic acids is 1. The first-order chi connectivity index (χ1) is 7.77. The van der Waals surface area contributed by atoms with Crippen molar-refractivity contribution in [1.29, 1.82) is 0 Å². The third kappa shape index (κ3) is 4.18. The van der Waals surface area contributed by atoms with Gasteiger partial charge in [0.15, 0.2) is 5.13 Å². The van der Waals surface area contributed by atoms with Crippen LogP contribution in [-0.2, 0) is 4.74 Å².